The lowest BCUT2D eigenvalue weighted by Crippen LogP contribution is -2.37. The summed E-state index contributed by atoms with van der Waals surface area (Å²) in [5.74, 6) is 0. The van der Waals surface area contributed by atoms with E-state index < -0.39 is 13.9 Å². The third kappa shape index (κ3) is 7.76. The quantitative estimate of drug-likeness (QED) is 0.432. The first-order chi connectivity index (χ1) is 8.10. The zero-order chi connectivity index (χ0) is 13.1. The molecule has 102 valence electrons. The van der Waals surface area contributed by atoms with Crippen LogP contribution in [0.15, 0.2) is 0 Å². The highest BCUT2D eigenvalue weighted by Gasteiger charge is 2.31. The molecule has 0 saturated heterocycles. The molecule has 0 aromatic heterocycles. The van der Waals surface area contributed by atoms with Gasteiger partial charge in [0.15, 0.2) is 0 Å². The van der Waals surface area contributed by atoms with Gasteiger partial charge in [0.05, 0.1) is 25.4 Å². The van der Waals surface area contributed by atoms with Gasteiger partial charge < -0.3 is 15.2 Å². The van der Waals surface area contributed by atoms with Gasteiger partial charge in [-0.2, -0.15) is 0 Å². The predicted octanol–water partition coefficient (Wildman–Crippen LogP) is 1.20. The van der Waals surface area contributed by atoms with Crippen molar-refractivity contribution in [2.24, 2.45) is 5.73 Å². The molecule has 0 bridgehead atoms. The summed E-state index contributed by atoms with van der Waals surface area (Å²) in [4.78, 5) is 8.64. The molecule has 0 aliphatic carbocycles. The molecule has 0 radical (unpaired) electrons. The number of hydrogen-bond acceptors (Lipinski definition) is 5. The van der Waals surface area contributed by atoms with E-state index in [4.69, 9.17) is 24.6 Å². The van der Waals surface area contributed by atoms with Gasteiger partial charge in [0.2, 0.25) is 0 Å². The number of hydrogen-bond donors (Lipinski definition) is 2. The summed E-state index contributed by atoms with van der Waals surface area (Å²) in [5.41, 5.74) is 4.77. The molecule has 1 atom stereocenters. The van der Waals surface area contributed by atoms with Crippen LogP contribution in [0.3, 0.4) is 0 Å². The van der Waals surface area contributed by atoms with Gasteiger partial charge >= 0.3 is 8.25 Å². The van der Waals surface area contributed by atoms with Gasteiger partial charge in [-0.1, -0.05) is 13.8 Å². The molecule has 0 aliphatic heterocycles. The van der Waals surface area contributed by atoms with Crippen molar-refractivity contribution >= 4 is 8.25 Å². The van der Waals surface area contributed by atoms with Gasteiger partial charge in [-0.05, 0) is 12.8 Å². The Kier molecular flexibility index (Phi) is 9.82. The van der Waals surface area contributed by atoms with E-state index in [1.165, 1.54) is 0 Å². The van der Waals surface area contributed by atoms with Gasteiger partial charge in [0.1, 0.15) is 6.61 Å². The van der Waals surface area contributed by atoms with Crippen molar-refractivity contribution in [2.75, 3.05) is 33.0 Å². The van der Waals surface area contributed by atoms with Crippen molar-refractivity contribution in [3.8, 4) is 0 Å². The topological polar surface area (TPSA) is 91.0 Å². The van der Waals surface area contributed by atoms with E-state index in [0.29, 0.717) is 39.2 Å². The van der Waals surface area contributed by atoms with Gasteiger partial charge in [-0.15, -0.1) is 9.42 Å². The maximum absolute atomic E-state index is 10.5. The highest BCUT2D eigenvalue weighted by atomic mass is 31.1. The summed E-state index contributed by atoms with van der Waals surface area (Å²) in [6, 6.07) is 0. The highest BCUT2D eigenvalue weighted by molar-refractivity contribution is 7.32. The summed E-state index contributed by atoms with van der Waals surface area (Å²) in [6.45, 7) is 5.91. The maximum Gasteiger partial charge on any atom is 0.694 e. The lowest BCUT2D eigenvalue weighted by atomic mass is 9.98. The zero-order valence-corrected chi connectivity index (χ0v) is 11.4. The average Bonchev–Trinajstić information content (AvgIpc) is 2.33. The Morgan fingerprint density at radius 1 is 1.24 bits per heavy atom. The number of nitrogens with two attached hydrogens (primary N) is 1. The Hall–Kier alpha value is -0.100. The first-order valence-corrected chi connectivity index (χ1v) is 6.94. The lowest BCUT2D eigenvalue weighted by Gasteiger charge is -2.29. The molecule has 7 heteroatoms. The summed E-state index contributed by atoms with van der Waals surface area (Å²) < 4.78 is 26.2. The van der Waals surface area contributed by atoms with Crippen molar-refractivity contribution in [1.29, 1.82) is 0 Å². The molecular formula is C10H23NO5P+. The standard InChI is InChI=1S/C10H22NO5P/c1-3-10(4-2,9-16-17(12)13)15-8-7-14-6-5-11/h3-9,11H2,1-2H3/p+1. The largest absolute Gasteiger partial charge is 0.694 e. The Morgan fingerprint density at radius 2 is 1.88 bits per heavy atom. The Labute approximate surface area is 103 Å². The van der Waals surface area contributed by atoms with Crippen LogP contribution in [0.4, 0.5) is 0 Å². The Bertz CT molecular complexity index is 211. The predicted molar refractivity (Wildman–Crippen MR) is 64.9 cm³/mol. The van der Waals surface area contributed by atoms with Crippen molar-refractivity contribution in [3.63, 3.8) is 0 Å². The van der Waals surface area contributed by atoms with Gasteiger partial charge in [0.25, 0.3) is 0 Å². The van der Waals surface area contributed by atoms with Crippen LogP contribution in [0.5, 0.6) is 0 Å². The van der Waals surface area contributed by atoms with Crippen LogP contribution in [-0.4, -0.2) is 43.5 Å². The minimum atomic E-state index is -2.58. The number of ether oxygens (including phenoxy) is 2. The van der Waals surface area contributed by atoms with Crippen LogP contribution >= 0.6 is 8.25 Å². The third-order valence-corrected chi connectivity index (χ3v) is 2.97. The highest BCUT2D eigenvalue weighted by Crippen LogP contribution is 2.26. The van der Waals surface area contributed by atoms with Crippen molar-refractivity contribution in [3.05, 3.63) is 0 Å². The van der Waals surface area contributed by atoms with E-state index in [0.717, 1.165) is 0 Å². The minimum Gasteiger partial charge on any atom is -0.378 e. The second-order valence-corrected chi connectivity index (χ2v) is 4.38. The fourth-order valence-electron chi connectivity index (χ4n) is 1.38. The smallest absolute Gasteiger partial charge is 0.378 e. The summed E-state index contributed by atoms with van der Waals surface area (Å²) in [7, 11) is -2.58. The summed E-state index contributed by atoms with van der Waals surface area (Å²) in [6.07, 6.45) is 1.42. The first kappa shape index (κ1) is 16.9. The molecule has 0 amide bonds. The van der Waals surface area contributed by atoms with Gasteiger partial charge in [0, 0.05) is 11.1 Å². The van der Waals surface area contributed by atoms with E-state index in [2.05, 4.69) is 0 Å². The SMILES string of the molecule is CCC(CC)(CO[P+](=O)O)OCCOCCN. The van der Waals surface area contributed by atoms with Crippen molar-refractivity contribution < 1.29 is 23.5 Å². The second-order valence-electron chi connectivity index (χ2n) is 3.65. The molecule has 0 aromatic carbocycles. The molecule has 0 aromatic rings. The summed E-state index contributed by atoms with van der Waals surface area (Å²) >= 11 is 0. The fraction of sp³-hybridized carbons (Fsp3) is 1.00. The molecule has 6 nitrogen and oxygen atoms in total. The van der Waals surface area contributed by atoms with Crippen LogP contribution < -0.4 is 5.73 Å². The third-order valence-electron chi connectivity index (χ3n) is 2.62. The molecule has 0 heterocycles. The average molecular weight is 268 g/mol. The van der Waals surface area contributed by atoms with Gasteiger partial charge in [-0.3, -0.25) is 0 Å². The minimum absolute atomic E-state index is 0.114. The van der Waals surface area contributed by atoms with Gasteiger partial charge in [-0.25, -0.2) is 0 Å². The van der Waals surface area contributed by atoms with E-state index in [1.54, 1.807) is 0 Å². The molecule has 0 spiro atoms. The molecule has 17 heavy (non-hydrogen) atoms. The zero-order valence-electron chi connectivity index (χ0n) is 10.6. The number of rotatable bonds is 11. The van der Waals surface area contributed by atoms with Crippen molar-refractivity contribution in [1.82, 2.24) is 0 Å². The van der Waals surface area contributed by atoms with E-state index in [-0.39, 0.29) is 6.61 Å². The van der Waals surface area contributed by atoms with Crippen LogP contribution in [0.1, 0.15) is 26.7 Å². The molecule has 0 aliphatic rings. The Balaban J connectivity index is 3.97. The van der Waals surface area contributed by atoms with E-state index >= 15 is 0 Å². The molecular weight excluding hydrogens is 245 g/mol. The molecule has 1 unspecified atom stereocenters. The van der Waals surface area contributed by atoms with Crippen molar-refractivity contribution in [2.45, 2.75) is 32.3 Å². The first-order valence-electron chi connectivity index (χ1n) is 5.81. The normalized spacial score (nSPS) is 12.8. The van der Waals surface area contributed by atoms with E-state index in [1.807, 2.05) is 13.8 Å². The van der Waals surface area contributed by atoms with E-state index in [9.17, 15) is 4.57 Å². The van der Waals surface area contributed by atoms with Crippen LogP contribution in [0.2, 0.25) is 0 Å². The molecule has 0 fully saturated rings. The molecule has 0 saturated carbocycles. The molecule has 3 N–H and O–H groups in total. The fourth-order valence-corrected chi connectivity index (χ4v) is 1.72. The maximum atomic E-state index is 10.5. The monoisotopic (exact) mass is 268 g/mol. The Morgan fingerprint density at radius 3 is 2.35 bits per heavy atom. The summed E-state index contributed by atoms with van der Waals surface area (Å²) in [5, 5.41) is 0. The molecule has 0 rings (SSSR count). The van der Waals surface area contributed by atoms with Crippen LogP contribution in [-0.2, 0) is 18.6 Å². The second kappa shape index (κ2) is 9.88. The lowest BCUT2D eigenvalue weighted by molar-refractivity contribution is -0.0938. The van der Waals surface area contributed by atoms with Crippen LogP contribution in [0, 0.1) is 0 Å². The van der Waals surface area contributed by atoms with Crippen LogP contribution in [0.25, 0.3) is 0 Å².